The average Bonchev–Trinajstić information content (AvgIpc) is 2.04. The van der Waals surface area contributed by atoms with Crippen LogP contribution in [0.1, 0.15) is 17.3 Å². The first-order chi connectivity index (χ1) is 5.77. The summed E-state index contributed by atoms with van der Waals surface area (Å²) in [5, 5.41) is 5.71. The van der Waals surface area contributed by atoms with Gasteiger partial charge < -0.3 is 10.6 Å². The van der Waals surface area contributed by atoms with Crippen LogP contribution < -0.4 is 10.6 Å². The molecule has 2 rings (SSSR count). The minimum absolute atomic E-state index is 0.0695. The number of carbonyl (C=O) groups is 1. The summed E-state index contributed by atoms with van der Waals surface area (Å²) in [6.07, 6.45) is 2.84. The van der Waals surface area contributed by atoms with E-state index in [1.165, 1.54) is 12.5 Å². The highest BCUT2D eigenvalue weighted by atomic mass is 16.2. The van der Waals surface area contributed by atoms with Crippen molar-refractivity contribution in [3.05, 3.63) is 18.1 Å². The van der Waals surface area contributed by atoms with Crippen LogP contribution in [0.15, 0.2) is 12.5 Å². The molecule has 1 unspecified atom stereocenters. The van der Waals surface area contributed by atoms with Crippen molar-refractivity contribution < 1.29 is 4.79 Å². The van der Waals surface area contributed by atoms with Crippen molar-refractivity contribution in [2.75, 3.05) is 5.32 Å². The third kappa shape index (κ3) is 0.990. The van der Waals surface area contributed by atoms with Gasteiger partial charge in [0, 0.05) is 6.20 Å². The Balaban J connectivity index is 2.47. The van der Waals surface area contributed by atoms with Gasteiger partial charge in [0.2, 0.25) is 0 Å². The van der Waals surface area contributed by atoms with Crippen LogP contribution in [-0.4, -0.2) is 22.0 Å². The van der Waals surface area contributed by atoms with Crippen LogP contribution in [0.5, 0.6) is 0 Å². The third-order valence-corrected chi connectivity index (χ3v) is 1.66. The molecule has 0 aliphatic carbocycles. The highest BCUT2D eigenvalue weighted by Crippen LogP contribution is 2.14. The van der Waals surface area contributed by atoms with Crippen LogP contribution in [-0.2, 0) is 0 Å². The van der Waals surface area contributed by atoms with E-state index < -0.39 is 0 Å². The predicted molar refractivity (Wildman–Crippen MR) is 42.6 cm³/mol. The highest BCUT2D eigenvalue weighted by Gasteiger charge is 2.20. The van der Waals surface area contributed by atoms with Crippen molar-refractivity contribution in [3.63, 3.8) is 0 Å². The van der Waals surface area contributed by atoms with Crippen molar-refractivity contribution in [2.45, 2.75) is 13.1 Å². The third-order valence-electron chi connectivity index (χ3n) is 1.66. The zero-order valence-corrected chi connectivity index (χ0v) is 6.53. The van der Waals surface area contributed by atoms with Crippen molar-refractivity contribution >= 4 is 11.7 Å². The van der Waals surface area contributed by atoms with Gasteiger partial charge in [0.05, 0.1) is 6.17 Å². The number of rotatable bonds is 0. The molecule has 1 aliphatic heterocycles. The van der Waals surface area contributed by atoms with E-state index in [1.54, 1.807) is 0 Å². The first kappa shape index (κ1) is 7.02. The summed E-state index contributed by atoms with van der Waals surface area (Å²) in [5.74, 6) is 0.470. The molecule has 0 saturated heterocycles. The molecule has 5 heteroatoms. The second-order valence-corrected chi connectivity index (χ2v) is 2.62. The first-order valence-electron chi connectivity index (χ1n) is 3.65. The second kappa shape index (κ2) is 2.44. The lowest BCUT2D eigenvalue weighted by Crippen LogP contribution is -2.43. The van der Waals surface area contributed by atoms with Gasteiger partial charge >= 0.3 is 0 Å². The van der Waals surface area contributed by atoms with E-state index in [2.05, 4.69) is 20.6 Å². The lowest BCUT2D eigenvalue weighted by molar-refractivity contribution is 0.0938. The molecule has 62 valence electrons. The fraction of sp³-hybridized carbons (Fsp3) is 0.286. The maximum atomic E-state index is 11.3. The molecule has 0 saturated carbocycles. The minimum atomic E-state index is -0.128. The zero-order chi connectivity index (χ0) is 8.55. The van der Waals surface area contributed by atoms with Crippen LogP contribution in [0.3, 0.4) is 0 Å². The van der Waals surface area contributed by atoms with Gasteiger partial charge in [0.1, 0.15) is 17.7 Å². The smallest absolute Gasteiger partial charge is 0.258 e. The standard InChI is InChI=1S/C7H8N4O/c1-4-10-6-5(7(12)11-4)2-8-3-9-6/h2-4H,1H3,(H,11,12)(H,8,9,10). The van der Waals surface area contributed by atoms with Crippen LogP contribution in [0.4, 0.5) is 5.82 Å². The molecule has 5 nitrogen and oxygen atoms in total. The largest absolute Gasteiger partial charge is 0.350 e. The van der Waals surface area contributed by atoms with Gasteiger partial charge in [0.15, 0.2) is 0 Å². The van der Waals surface area contributed by atoms with Gasteiger partial charge in [-0.05, 0) is 6.92 Å². The van der Waals surface area contributed by atoms with E-state index in [4.69, 9.17) is 0 Å². The van der Waals surface area contributed by atoms with Crippen LogP contribution in [0.25, 0.3) is 0 Å². The summed E-state index contributed by atoms with van der Waals surface area (Å²) in [7, 11) is 0. The molecule has 1 amide bonds. The normalized spacial score (nSPS) is 20.8. The Morgan fingerprint density at radius 2 is 2.33 bits per heavy atom. The molecule has 1 aromatic heterocycles. The molecule has 1 aromatic rings. The Morgan fingerprint density at radius 1 is 1.50 bits per heavy atom. The van der Waals surface area contributed by atoms with Crippen LogP contribution in [0, 0.1) is 0 Å². The molecule has 0 bridgehead atoms. The maximum Gasteiger partial charge on any atom is 0.258 e. The molecular weight excluding hydrogens is 156 g/mol. The Hall–Kier alpha value is -1.65. The molecule has 0 radical (unpaired) electrons. The molecule has 0 spiro atoms. The lowest BCUT2D eigenvalue weighted by Gasteiger charge is -2.22. The Bertz CT molecular complexity index is 325. The lowest BCUT2D eigenvalue weighted by atomic mass is 10.2. The number of aromatic nitrogens is 2. The van der Waals surface area contributed by atoms with Gasteiger partial charge in [-0.1, -0.05) is 0 Å². The zero-order valence-electron chi connectivity index (χ0n) is 6.53. The van der Waals surface area contributed by atoms with Gasteiger partial charge in [0.25, 0.3) is 5.91 Å². The molecule has 12 heavy (non-hydrogen) atoms. The summed E-state index contributed by atoms with van der Waals surface area (Å²) < 4.78 is 0. The topological polar surface area (TPSA) is 66.9 Å². The van der Waals surface area contributed by atoms with Crippen molar-refractivity contribution in [2.24, 2.45) is 0 Å². The van der Waals surface area contributed by atoms with Crippen molar-refractivity contribution in [3.8, 4) is 0 Å². The summed E-state index contributed by atoms with van der Waals surface area (Å²) >= 11 is 0. The highest BCUT2D eigenvalue weighted by molar-refractivity contribution is 6.00. The van der Waals surface area contributed by atoms with E-state index in [-0.39, 0.29) is 12.1 Å². The molecule has 1 aliphatic rings. The van der Waals surface area contributed by atoms with Crippen LogP contribution >= 0.6 is 0 Å². The molecule has 0 aromatic carbocycles. The quantitative estimate of drug-likeness (QED) is 0.565. The van der Waals surface area contributed by atoms with Crippen molar-refractivity contribution in [1.82, 2.24) is 15.3 Å². The maximum absolute atomic E-state index is 11.3. The minimum Gasteiger partial charge on any atom is -0.350 e. The number of carbonyl (C=O) groups excluding carboxylic acids is 1. The van der Waals surface area contributed by atoms with Gasteiger partial charge in [-0.15, -0.1) is 0 Å². The van der Waals surface area contributed by atoms with E-state index >= 15 is 0 Å². The molecule has 2 N–H and O–H groups in total. The Morgan fingerprint density at radius 3 is 3.17 bits per heavy atom. The predicted octanol–water partition coefficient (Wildman–Crippen LogP) is -0.0221. The van der Waals surface area contributed by atoms with Crippen molar-refractivity contribution in [1.29, 1.82) is 0 Å². The average molecular weight is 164 g/mol. The van der Waals surface area contributed by atoms with E-state index in [0.717, 1.165) is 0 Å². The van der Waals surface area contributed by atoms with Crippen LogP contribution in [0.2, 0.25) is 0 Å². The van der Waals surface area contributed by atoms with Gasteiger partial charge in [-0.3, -0.25) is 4.79 Å². The fourth-order valence-electron chi connectivity index (χ4n) is 1.13. The van der Waals surface area contributed by atoms with Gasteiger partial charge in [-0.2, -0.15) is 0 Å². The fourth-order valence-corrected chi connectivity index (χ4v) is 1.13. The number of amides is 1. The molecule has 2 heterocycles. The second-order valence-electron chi connectivity index (χ2n) is 2.62. The number of hydrogen-bond donors (Lipinski definition) is 2. The molecular formula is C7H8N4O. The SMILES string of the molecule is CC1NC(=O)c2cncnc2N1. The summed E-state index contributed by atoms with van der Waals surface area (Å²) in [4.78, 5) is 19.0. The Kier molecular flexibility index (Phi) is 1.43. The van der Waals surface area contributed by atoms with E-state index in [9.17, 15) is 4.79 Å². The number of hydrogen-bond acceptors (Lipinski definition) is 4. The first-order valence-corrected chi connectivity index (χ1v) is 3.65. The summed E-state index contributed by atoms with van der Waals surface area (Å²) in [6, 6.07) is 0. The molecule has 0 fully saturated rings. The number of nitrogens with zero attached hydrogens (tertiary/aromatic N) is 2. The number of nitrogens with one attached hydrogen (secondary N) is 2. The van der Waals surface area contributed by atoms with Gasteiger partial charge in [-0.25, -0.2) is 9.97 Å². The van der Waals surface area contributed by atoms with E-state index in [0.29, 0.717) is 11.4 Å². The number of fused-ring (bicyclic) bond motifs is 1. The summed E-state index contributed by atoms with van der Waals surface area (Å²) in [6.45, 7) is 1.85. The summed E-state index contributed by atoms with van der Waals surface area (Å²) in [5.41, 5.74) is 0.496. The number of anilines is 1. The van der Waals surface area contributed by atoms with E-state index in [1.807, 2.05) is 6.92 Å². The molecule has 1 atom stereocenters. The monoisotopic (exact) mass is 164 g/mol. The Labute approximate surface area is 69.2 Å².